The summed E-state index contributed by atoms with van der Waals surface area (Å²) in [4.78, 5) is 5.25. The number of rotatable bonds is 1. The monoisotopic (exact) mass is 475 g/mol. The van der Waals surface area contributed by atoms with E-state index in [-0.39, 0.29) is 21.7 Å². The lowest BCUT2D eigenvalue weighted by molar-refractivity contribution is 0.515. The first-order chi connectivity index (χ1) is 16.6. The molecule has 1 heteroatoms. The Morgan fingerprint density at radius 1 is 0.611 bits per heavy atom. The minimum Gasteiger partial charge on any atom is -0.248 e. The highest BCUT2D eigenvalue weighted by Crippen LogP contribution is 2.53. The molecule has 0 amide bonds. The van der Waals surface area contributed by atoms with Crippen molar-refractivity contribution in [2.75, 3.05) is 0 Å². The summed E-state index contributed by atoms with van der Waals surface area (Å²) in [5.41, 5.74) is 11.8. The second-order valence-corrected chi connectivity index (χ2v) is 13.8. The number of fused-ring (bicyclic) bond motifs is 3. The van der Waals surface area contributed by atoms with Crippen LogP contribution in [-0.2, 0) is 21.7 Å². The minimum atomic E-state index is -0.137. The van der Waals surface area contributed by atoms with Crippen LogP contribution >= 0.6 is 0 Å². The molecule has 1 aliphatic rings. The molecule has 0 radical (unpaired) electrons. The molecule has 4 aromatic rings. The van der Waals surface area contributed by atoms with Gasteiger partial charge in [0.2, 0.25) is 0 Å². The Morgan fingerprint density at radius 3 is 1.97 bits per heavy atom. The first-order valence-corrected chi connectivity index (χ1v) is 13.3. The van der Waals surface area contributed by atoms with Crippen LogP contribution in [0.15, 0.2) is 66.7 Å². The predicted octanol–water partition coefficient (Wildman–Crippen LogP) is 9.46. The third-order valence-corrected chi connectivity index (χ3v) is 8.41. The second-order valence-electron chi connectivity index (χ2n) is 13.8. The maximum atomic E-state index is 5.25. The Balaban J connectivity index is 1.77. The van der Waals surface area contributed by atoms with Crippen molar-refractivity contribution in [2.45, 2.75) is 90.9 Å². The molecule has 1 aliphatic carbocycles. The number of pyridine rings is 1. The summed E-state index contributed by atoms with van der Waals surface area (Å²) >= 11 is 0. The summed E-state index contributed by atoms with van der Waals surface area (Å²) in [5.74, 6) is 0. The van der Waals surface area contributed by atoms with Crippen molar-refractivity contribution < 1.29 is 0 Å². The summed E-state index contributed by atoms with van der Waals surface area (Å²) in [6.45, 7) is 23.3. The van der Waals surface area contributed by atoms with E-state index in [1.807, 2.05) is 0 Å². The average Bonchev–Trinajstić information content (AvgIpc) is 2.80. The molecule has 3 aromatic carbocycles. The zero-order valence-corrected chi connectivity index (χ0v) is 23.8. The maximum Gasteiger partial charge on any atom is 0.0712 e. The van der Waals surface area contributed by atoms with Crippen molar-refractivity contribution >= 4 is 10.9 Å². The van der Waals surface area contributed by atoms with Gasteiger partial charge in [-0.05, 0) is 56.3 Å². The Hall–Kier alpha value is -2.93. The Morgan fingerprint density at radius 2 is 1.31 bits per heavy atom. The van der Waals surface area contributed by atoms with Crippen LogP contribution in [0.2, 0.25) is 0 Å². The predicted molar refractivity (Wildman–Crippen MR) is 155 cm³/mol. The number of nitrogens with zero attached hydrogens (tertiary/aromatic N) is 1. The van der Waals surface area contributed by atoms with E-state index in [1.165, 1.54) is 44.3 Å². The van der Waals surface area contributed by atoms with E-state index in [0.717, 1.165) is 11.2 Å². The first kappa shape index (κ1) is 24.8. The number of benzene rings is 3. The van der Waals surface area contributed by atoms with Gasteiger partial charge in [-0.2, -0.15) is 0 Å². The van der Waals surface area contributed by atoms with Gasteiger partial charge in [-0.1, -0.05) is 124 Å². The van der Waals surface area contributed by atoms with E-state index in [0.29, 0.717) is 0 Å². The normalized spacial score (nSPS) is 16.5. The quantitative estimate of drug-likeness (QED) is 0.267. The molecule has 0 unspecified atom stereocenters. The molecule has 0 spiro atoms. The van der Waals surface area contributed by atoms with E-state index < -0.39 is 0 Å². The molecule has 1 nitrogen and oxygen atoms in total. The van der Waals surface area contributed by atoms with Crippen molar-refractivity contribution in [3.8, 4) is 11.3 Å². The van der Waals surface area contributed by atoms with Gasteiger partial charge in [0.05, 0.1) is 11.2 Å². The van der Waals surface area contributed by atoms with Crippen molar-refractivity contribution in [1.29, 1.82) is 0 Å². The second kappa shape index (κ2) is 7.78. The molecule has 0 N–H and O–H groups in total. The van der Waals surface area contributed by atoms with Crippen LogP contribution in [0.1, 0.15) is 103 Å². The SMILES string of the molecule is CC(C)(C)c1ccc2c(c1)C(C)(C)c1c(-c3ccc4c(C(C)(C)C)cccc4n3)cccc1C2(C)C. The smallest absolute Gasteiger partial charge is 0.0712 e. The Labute approximate surface area is 218 Å². The van der Waals surface area contributed by atoms with Gasteiger partial charge in [0.15, 0.2) is 0 Å². The minimum absolute atomic E-state index is 0.0785. The van der Waals surface area contributed by atoms with E-state index in [2.05, 4.69) is 136 Å². The fraction of sp³-hybridized carbons (Fsp3) is 0.400. The van der Waals surface area contributed by atoms with E-state index in [4.69, 9.17) is 4.98 Å². The highest BCUT2D eigenvalue weighted by molar-refractivity contribution is 5.86. The number of hydrogen-bond donors (Lipinski definition) is 0. The van der Waals surface area contributed by atoms with Gasteiger partial charge in [-0.3, -0.25) is 0 Å². The van der Waals surface area contributed by atoms with Gasteiger partial charge in [-0.25, -0.2) is 4.98 Å². The van der Waals surface area contributed by atoms with Gasteiger partial charge in [0.1, 0.15) is 0 Å². The molecule has 0 atom stereocenters. The van der Waals surface area contributed by atoms with Crippen molar-refractivity contribution in [2.24, 2.45) is 0 Å². The summed E-state index contributed by atoms with van der Waals surface area (Å²) in [5, 5.41) is 1.25. The summed E-state index contributed by atoms with van der Waals surface area (Å²) in [6, 6.07) is 25.1. The molecule has 0 bridgehead atoms. The van der Waals surface area contributed by atoms with Crippen molar-refractivity contribution in [1.82, 2.24) is 4.98 Å². The molecule has 0 saturated heterocycles. The molecular formula is C35H41N. The molecule has 0 saturated carbocycles. The van der Waals surface area contributed by atoms with Crippen LogP contribution in [0.25, 0.3) is 22.2 Å². The number of hydrogen-bond acceptors (Lipinski definition) is 1. The Bertz CT molecular complexity index is 1490. The van der Waals surface area contributed by atoms with Gasteiger partial charge < -0.3 is 0 Å². The topological polar surface area (TPSA) is 12.9 Å². The standard InChI is InChI=1S/C35H41N/c1-32(2,3)22-17-19-26-28(21-22)35(9,10)31-24(13-11-15-27(31)34(26,7)8)30-20-18-23-25(33(4,5)6)14-12-16-29(23)36-30/h11-21H,1-10H3. The molecule has 1 aromatic heterocycles. The zero-order valence-electron chi connectivity index (χ0n) is 23.8. The van der Waals surface area contributed by atoms with E-state index >= 15 is 0 Å². The summed E-state index contributed by atoms with van der Waals surface area (Å²) in [7, 11) is 0. The van der Waals surface area contributed by atoms with Crippen LogP contribution in [0.4, 0.5) is 0 Å². The molecule has 0 aliphatic heterocycles. The lowest BCUT2D eigenvalue weighted by Gasteiger charge is -2.45. The van der Waals surface area contributed by atoms with Gasteiger partial charge in [0.25, 0.3) is 0 Å². The van der Waals surface area contributed by atoms with Crippen LogP contribution in [0, 0.1) is 0 Å². The lowest BCUT2D eigenvalue weighted by atomic mass is 9.58. The van der Waals surface area contributed by atoms with Crippen LogP contribution in [0.5, 0.6) is 0 Å². The van der Waals surface area contributed by atoms with Gasteiger partial charge >= 0.3 is 0 Å². The van der Waals surface area contributed by atoms with Crippen molar-refractivity contribution in [3.63, 3.8) is 0 Å². The van der Waals surface area contributed by atoms with E-state index in [1.54, 1.807) is 0 Å². The molecule has 5 rings (SSSR count). The van der Waals surface area contributed by atoms with Crippen LogP contribution < -0.4 is 0 Å². The molecule has 36 heavy (non-hydrogen) atoms. The summed E-state index contributed by atoms with van der Waals surface area (Å²) < 4.78 is 0. The molecule has 1 heterocycles. The van der Waals surface area contributed by atoms with Crippen LogP contribution in [-0.4, -0.2) is 4.98 Å². The summed E-state index contributed by atoms with van der Waals surface area (Å²) in [6.07, 6.45) is 0. The molecule has 0 fully saturated rings. The third kappa shape index (κ3) is 3.71. The number of aromatic nitrogens is 1. The fourth-order valence-corrected chi connectivity index (χ4v) is 6.27. The highest BCUT2D eigenvalue weighted by Gasteiger charge is 2.43. The van der Waals surface area contributed by atoms with Crippen LogP contribution in [0.3, 0.4) is 0 Å². The zero-order chi connectivity index (χ0) is 26.3. The lowest BCUT2D eigenvalue weighted by Crippen LogP contribution is -2.37. The highest BCUT2D eigenvalue weighted by atomic mass is 14.7. The first-order valence-electron chi connectivity index (χ1n) is 13.3. The third-order valence-electron chi connectivity index (χ3n) is 8.41. The molecule has 186 valence electrons. The van der Waals surface area contributed by atoms with Gasteiger partial charge in [-0.15, -0.1) is 0 Å². The maximum absolute atomic E-state index is 5.25. The Kier molecular flexibility index (Phi) is 5.35. The van der Waals surface area contributed by atoms with Gasteiger partial charge in [0, 0.05) is 21.8 Å². The fourth-order valence-electron chi connectivity index (χ4n) is 6.27. The van der Waals surface area contributed by atoms with Crippen molar-refractivity contribution in [3.05, 3.63) is 100 Å². The average molecular weight is 476 g/mol. The van der Waals surface area contributed by atoms with E-state index in [9.17, 15) is 0 Å². The molecular weight excluding hydrogens is 434 g/mol. The largest absolute Gasteiger partial charge is 0.248 e.